The molecule has 0 spiro atoms. The van der Waals surface area contributed by atoms with Gasteiger partial charge >= 0.3 is 0 Å². The first-order valence-corrected chi connectivity index (χ1v) is 5.42. The molecule has 4 heteroatoms. The third-order valence-corrected chi connectivity index (χ3v) is 2.78. The molecular weight excluding hydrogens is 202 g/mol. The van der Waals surface area contributed by atoms with E-state index in [2.05, 4.69) is 18.3 Å². The number of fused-ring (bicyclic) bond motifs is 1. The molecule has 1 aromatic carbocycles. The van der Waals surface area contributed by atoms with Gasteiger partial charge in [-0.2, -0.15) is 5.26 Å². The van der Waals surface area contributed by atoms with E-state index in [9.17, 15) is 0 Å². The van der Waals surface area contributed by atoms with Gasteiger partial charge in [0.2, 0.25) is 0 Å². The number of nitrogens with zero attached hydrogens (tertiary/aromatic N) is 1. The lowest BCUT2D eigenvalue weighted by Gasteiger charge is -2.33. The first-order chi connectivity index (χ1) is 7.74. The molecular formula is C12H15N3O. The fourth-order valence-electron chi connectivity index (χ4n) is 1.89. The topological polar surface area (TPSA) is 71.1 Å². The highest BCUT2D eigenvalue weighted by Gasteiger charge is 2.25. The van der Waals surface area contributed by atoms with Crippen LogP contribution in [-0.2, 0) is 0 Å². The van der Waals surface area contributed by atoms with Crippen molar-refractivity contribution in [1.82, 2.24) is 0 Å². The molecule has 0 bridgehead atoms. The summed E-state index contributed by atoms with van der Waals surface area (Å²) in [6.07, 6.45) is 0.885. The average molecular weight is 217 g/mol. The van der Waals surface area contributed by atoms with Gasteiger partial charge in [0.15, 0.2) is 0 Å². The zero-order valence-corrected chi connectivity index (χ0v) is 9.23. The van der Waals surface area contributed by atoms with Crippen molar-refractivity contribution >= 4 is 5.69 Å². The predicted molar refractivity (Wildman–Crippen MR) is 62.3 cm³/mol. The summed E-state index contributed by atoms with van der Waals surface area (Å²) in [5.41, 5.74) is 7.09. The summed E-state index contributed by atoms with van der Waals surface area (Å²) < 4.78 is 5.83. The van der Waals surface area contributed by atoms with Crippen LogP contribution in [0.4, 0.5) is 5.69 Å². The van der Waals surface area contributed by atoms with E-state index in [0.29, 0.717) is 12.1 Å². The molecule has 0 amide bonds. The van der Waals surface area contributed by atoms with E-state index < -0.39 is 0 Å². The maximum Gasteiger partial charge on any atom is 0.144 e. The van der Waals surface area contributed by atoms with Gasteiger partial charge in [-0.1, -0.05) is 0 Å². The molecule has 3 N–H and O–H groups in total. The zero-order chi connectivity index (χ0) is 11.5. The Balaban J connectivity index is 2.26. The summed E-state index contributed by atoms with van der Waals surface area (Å²) in [6.45, 7) is 2.67. The van der Waals surface area contributed by atoms with Crippen LogP contribution >= 0.6 is 0 Å². The molecule has 0 aliphatic carbocycles. The molecule has 2 rings (SSSR count). The number of nitriles is 1. The molecule has 1 aliphatic heterocycles. The highest BCUT2D eigenvalue weighted by atomic mass is 16.5. The number of nitrogens with one attached hydrogen (secondary N) is 1. The lowest BCUT2D eigenvalue weighted by Crippen LogP contribution is -2.40. The van der Waals surface area contributed by atoms with Crippen LogP contribution in [0.1, 0.15) is 18.9 Å². The molecule has 0 saturated heterocycles. The molecule has 4 nitrogen and oxygen atoms in total. The van der Waals surface area contributed by atoms with Gasteiger partial charge in [0.1, 0.15) is 11.9 Å². The van der Waals surface area contributed by atoms with Gasteiger partial charge in [0, 0.05) is 6.07 Å². The van der Waals surface area contributed by atoms with Crippen LogP contribution in [0.2, 0.25) is 0 Å². The first-order valence-electron chi connectivity index (χ1n) is 5.42. The summed E-state index contributed by atoms with van der Waals surface area (Å²) in [6, 6.07) is 7.77. The molecule has 2 unspecified atom stereocenters. The van der Waals surface area contributed by atoms with Crippen LogP contribution in [-0.4, -0.2) is 18.7 Å². The van der Waals surface area contributed by atoms with E-state index in [1.807, 2.05) is 6.07 Å². The smallest absolute Gasteiger partial charge is 0.144 e. The summed E-state index contributed by atoms with van der Waals surface area (Å²) in [7, 11) is 0. The molecule has 2 atom stereocenters. The number of benzene rings is 1. The van der Waals surface area contributed by atoms with Gasteiger partial charge in [-0.05, 0) is 32.0 Å². The van der Waals surface area contributed by atoms with Crippen LogP contribution in [0, 0.1) is 11.3 Å². The van der Waals surface area contributed by atoms with Crippen LogP contribution in [0.5, 0.6) is 5.75 Å². The minimum Gasteiger partial charge on any atom is -0.486 e. The highest BCUT2D eigenvalue weighted by molar-refractivity contribution is 5.61. The van der Waals surface area contributed by atoms with Crippen molar-refractivity contribution in [3.8, 4) is 11.8 Å². The van der Waals surface area contributed by atoms with Crippen molar-refractivity contribution < 1.29 is 4.74 Å². The van der Waals surface area contributed by atoms with Crippen molar-refractivity contribution in [2.75, 3.05) is 11.9 Å². The molecule has 0 radical (unpaired) electrons. The third-order valence-electron chi connectivity index (χ3n) is 2.78. The number of nitrogens with two attached hydrogens (primary N) is 1. The number of rotatable bonds is 2. The largest absolute Gasteiger partial charge is 0.486 e. The maximum absolute atomic E-state index is 8.81. The molecule has 0 fully saturated rings. The second kappa shape index (κ2) is 4.42. The van der Waals surface area contributed by atoms with Crippen molar-refractivity contribution in [2.24, 2.45) is 5.73 Å². The summed E-state index contributed by atoms with van der Waals surface area (Å²) >= 11 is 0. The molecule has 16 heavy (non-hydrogen) atoms. The summed E-state index contributed by atoms with van der Waals surface area (Å²) in [4.78, 5) is 0. The SMILES string of the molecule is CC1Nc2ccc(C#N)cc2OC1CCN. The van der Waals surface area contributed by atoms with Gasteiger partial charge in [-0.25, -0.2) is 0 Å². The Morgan fingerprint density at radius 3 is 3.06 bits per heavy atom. The maximum atomic E-state index is 8.81. The van der Waals surface area contributed by atoms with Crippen molar-refractivity contribution in [1.29, 1.82) is 5.26 Å². The standard InChI is InChI=1S/C12H15N3O/c1-8-11(4-5-13)16-12-6-9(7-14)2-3-10(12)15-8/h2-3,6,8,11,15H,4-5,13H2,1H3. The minimum absolute atomic E-state index is 0.0754. The van der Waals surface area contributed by atoms with Crippen LogP contribution in [0.15, 0.2) is 18.2 Å². The Morgan fingerprint density at radius 1 is 1.56 bits per heavy atom. The predicted octanol–water partition coefficient (Wildman–Crippen LogP) is 1.47. The molecule has 1 aromatic rings. The van der Waals surface area contributed by atoms with Crippen molar-refractivity contribution in [2.45, 2.75) is 25.5 Å². The fraction of sp³-hybridized carbons (Fsp3) is 0.417. The first kappa shape index (κ1) is 10.8. The zero-order valence-electron chi connectivity index (χ0n) is 9.23. The van der Waals surface area contributed by atoms with Crippen LogP contribution < -0.4 is 15.8 Å². The van der Waals surface area contributed by atoms with E-state index >= 15 is 0 Å². The second-order valence-electron chi connectivity index (χ2n) is 3.99. The van der Waals surface area contributed by atoms with Gasteiger partial charge in [0.25, 0.3) is 0 Å². The lowest BCUT2D eigenvalue weighted by atomic mass is 10.1. The minimum atomic E-state index is 0.0754. The Morgan fingerprint density at radius 2 is 2.38 bits per heavy atom. The Labute approximate surface area is 95.0 Å². The van der Waals surface area contributed by atoms with E-state index in [1.54, 1.807) is 12.1 Å². The van der Waals surface area contributed by atoms with Crippen LogP contribution in [0.25, 0.3) is 0 Å². The number of anilines is 1. The van der Waals surface area contributed by atoms with Crippen molar-refractivity contribution in [3.05, 3.63) is 23.8 Å². The van der Waals surface area contributed by atoms with E-state index in [-0.39, 0.29) is 12.1 Å². The summed E-state index contributed by atoms with van der Waals surface area (Å²) in [5.74, 6) is 0.746. The monoisotopic (exact) mass is 217 g/mol. The quantitative estimate of drug-likeness (QED) is 0.787. The molecule has 0 saturated carbocycles. The van der Waals surface area contributed by atoms with E-state index in [1.165, 1.54) is 0 Å². The average Bonchev–Trinajstić information content (AvgIpc) is 2.30. The molecule has 84 valence electrons. The van der Waals surface area contributed by atoms with Crippen LogP contribution in [0.3, 0.4) is 0 Å². The third kappa shape index (κ3) is 1.95. The Kier molecular flexibility index (Phi) is 2.97. The fourth-order valence-corrected chi connectivity index (χ4v) is 1.89. The number of hydrogen-bond donors (Lipinski definition) is 2. The highest BCUT2D eigenvalue weighted by Crippen LogP contribution is 2.32. The molecule has 0 aromatic heterocycles. The second-order valence-corrected chi connectivity index (χ2v) is 3.99. The molecule has 1 aliphatic rings. The Hall–Kier alpha value is -1.73. The lowest BCUT2D eigenvalue weighted by molar-refractivity contribution is 0.167. The normalized spacial score (nSPS) is 22.6. The van der Waals surface area contributed by atoms with Gasteiger partial charge in [-0.15, -0.1) is 0 Å². The number of ether oxygens (including phenoxy) is 1. The molecule has 1 heterocycles. The van der Waals surface area contributed by atoms with E-state index in [4.69, 9.17) is 15.7 Å². The van der Waals surface area contributed by atoms with E-state index in [0.717, 1.165) is 17.9 Å². The van der Waals surface area contributed by atoms with Crippen molar-refractivity contribution in [3.63, 3.8) is 0 Å². The Bertz CT molecular complexity index is 425. The van der Waals surface area contributed by atoms with Gasteiger partial charge < -0.3 is 15.8 Å². The number of hydrogen-bond acceptors (Lipinski definition) is 4. The van der Waals surface area contributed by atoms with Gasteiger partial charge in [-0.3, -0.25) is 0 Å². The summed E-state index contributed by atoms with van der Waals surface area (Å²) in [5, 5.41) is 12.2. The van der Waals surface area contributed by atoms with Gasteiger partial charge in [0.05, 0.1) is 23.4 Å².